The van der Waals surface area contributed by atoms with Gasteiger partial charge in [-0.2, -0.15) is 13.2 Å². The number of aromatic nitrogens is 3. The maximum absolute atomic E-state index is 12.7. The summed E-state index contributed by atoms with van der Waals surface area (Å²) in [5.74, 6) is 0.170. The van der Waals surface area contributed by atoms with E-state index in [1.165, 1.54) is 17.4 Å². The molecule has 1 aliphatic heterocycles. The van der Waals surface area contributed by atoms with Crippen LogP contribution in [0.4, 0.5) is 24.1 Å². The molecule has 1 fully saturated rings. The number of piperidine rings is 1. The Morgan fingerprint density at radius 2 is 1.80 bits per heavy atom. The minimum absolute atomic E-state index is 0.120. The van der Waals surface area contributed by atoms with Crippen molar-refractivity contribution in [2.75, 3.05) is 23.3 Å². The van der Waals surface area contributed by atoms with Crippen molar-refractivity contribution in [1.29, 1.82) is 0 Å². The summed E-state index contributed by atoms with van der Waals surface area (Å²) >= 11 is 1.31. The molecule has 0 aliphatic carbocycles. The lowest BCUT2D eigenvalue weighted by Crippen LogP contribution is -2.38. The number of hydrogen-bond acceptors (Lipinski definition) is 6. The van der Waals surface area contributed by atoms with Gasteiger partial charge in [0, 0.05) is 30.8 Å². The van der Waals surface area contributed by atoms with Crippen LogP contribution in [0.1, 0.15) is 18.4 Å². The quantitative estimate of drug-likeness (QED) is 0.657. The monoisotopic (exact) mass is 433 g/mol. The van der Waals surface area contributed by atoms with E-state index in [1.807, 2.05) is 35.2 Å². The van der Waals surface area contributed by atoms with E-state index < -0.39 is 11.7 Å². The van der Waals surface area contributed by atoms with Crippen molar-refractivity contribution in [1.82, 2.24) is 15.2 Å². The van der Waals surface area contributed by atoms with E-state index in [9.17, 15) is 18.0 Å². The first-order valence-corrected chi connectivity index (χ1v) is 10.2. The molecule has 1 N–H and O–H groups in total. The van der Waals surface area contributed by atoms with Crippen LogP contribution in [0, 0.1) is 5.92 Å². The number of pyridine rings is 1. The number of nitrogens with zero attached hydrogens (tertiary/aromatic N) is 4. The Morgan fingerprint density at radius 1 is 1.07 bits per heavy atom. The zero-order valence-corrected chi connectivity index (χ0v) is 16.6. The number of benzene rings is 1. The molecule has 0 radical (unpaired) electrons. The summed E-state index contributed by atoms with van der Waals surface area (Å²) in [6, 6.07) is 12.0. The van der Waals surface area contributed by atoms with Crippen LogP contribution in [0.25, 0.3) is 10.6 Å². The van der Waals surface area contributed by atoms with E-state index in [2.05, 4.69) is 20.5 Å². The highest BCUT2D eigenvalue weighted by atomic mass is 32.1. The van der Waals surface area contributed by atoms with Gasteiger partial charge >= 0.3 is 6.18 Å². The first kappa shape index (κ1) is 20.3. The second-order valence-electron chi connectivity index (χ2n) is 6.93. The summed E-state index contributed by atoms with van der Waals surface area (Å²) in [6.07, 6.45) is -2.40. The summed E-state index contributed by atoms with van der Waals surface area (Å²) in [4.78, 5) is 18.4. The van der Waals surface area contributed by atoms with Gasteiger partial charge in [0.25, 0.3) is 0 Å². The van der Waals surface area contributed by atoms with Crippen LogP contribution in [0.5, 0.6) is 0 Å². The van der Waals surface area contributed by atoms with Gasteiger partial charge in [-0.15, -0.1) is 10.2 Å². The Balaban J connectivity index is 1.32. The molecule has 0 saturated carbocycles. The Morgan fingerprint density at radius 3 is 2.43 bits per heavy atom. The molecule has 1 aliphatic rings. The molecule has 1 amide bonds. The van der Waals surface area contributed by atoms with Crippen LogP contribution in [0.15, 0.2) is 48.7 Å². The minimum Gasteiger partial charge on any atom is -0.357 e. The number of halogens is 3. The van der Waals surface area contributed by atoms with E-state index in [1.54, 1.807) is 0 Å². The zero-order chi connectivity index (χ0) is 21.1. The van der Waals surface area contributed by atoms with Gasteiger partial charge in [-0.1, -0.05) is 41.7 Å². The number of rotatable bonds is 4. The molecule has 1 saturated heterocycles. The highest BCUT2D eigenvalue weighted by molar-refractivity contribution is 7.18. The second kappa shape index (κ2) is 8.39. The standard InChI is InChI=1S/C20H18F3N5OS/c21-20(22,23)15-6-7-16(24-12-15)28-10-8-13(9-11-28)17(29)25-19-27-26-18(30-19)14-4-2-1-3-5-14/h1-7,12-13H,8-11H2,(H,25,27,29). The summed E-state index contributed by atoms with van der Waals surface area (Å²) in [7, 11) is 0. The van der Waals surface area contributed by atoms with E-state index in [0.717, 1.165) is 22.8 Å². The molecule has 6 nitrogen and oxygen atoms in total. The number of carbonyl (C=O) groups excluding carboxylic acids is 1. The minimum atomic E-state index is -4.40. The van der Waals surface area contributed by atoms with Crippen LogP contribution in [-0.4, -0.2) is 34.2 Å². The van der Waals surface area contributed by atoms with Crippen LogP contribution in [0.2, 0.25) is 0 Å². The van der Waals surface area contributed by atoms with Crippen LogP contribution in [0.3, 0.4) is 0 Å². The number of hydrogen-bond donors (Lipinski definition) is 1. The fraction of sp³-hybridized carbons (Fsp3) is 0.300. The van der Waals surface area contributed by atoms with E-state index in [4.69, 9.17) is 0 Å². The zero-order valence-electron chi connectivity index (χ0n) is 15.8. The van der Waals surface area contributed by atoms with Crippen molar-refractivity contribution in [3.05, 3.63) is 54.2 Å². The van der Waals surface area contributed by atoms with E-state index in [0.29, 0.717) is 36.9 Å². The molecule has 10 heteroatoms. The topological polar surface area (TPSA) is 71.0 Å². The summed E-state index contributed by atoms with van der Waals surface area (Å²) in [5, 5.41) is 12.2. The molecule has 3 heterocycles. The predicted octanol–water partition coefficient (Wildman–Crippen LogP) is 4.47. The average Bonchev–Trinajstić information content (AvgIpc) is 3.22. The molecule has 3 aromatic rings. The molecule has 0 bridgehead atoms. The Hall–Kier alpha value is -3.01. The lowest BCUT2D eigenvalue weighted by atomic mass is 9.96. The normalized spacial score (nSPS) is 15.2. The summed E-state index contributed by atoms with van der Waals surface area (Å²) in [6.45, 7) is 1.09. The highest BCUT2D eigenvalue weighted by Crippen LogP contribution is 2.31. The van der Waals surface area contributed by atoms with Gasteiger partial charge in [-0.3, -0.25) is 4.79 Å². The molecule has 156 valence electrons. The van der Waals surface area contributed by atoms with Gasteiger partial charge in [-0.05, 0) is 25.0 Å². The molecule has 0 unspecified atom stereocenters. The highest BCUT2D eigenvalue weighted by Gasteiger charge is 2.31. The number of carbonyl (C=O) groups is 1. The number of amides is 1. The third kappa shape index (κ3) is 4.59. The maximum atomic E-state index is 12.7. The number of anilines is 2. The van der Waals surface area contributed by atoms with Crippen LogP contribution in [-0.2, 0) is 11.0 Å². The fourth-order valence-electron chi connectivity index (χ4n) is 3.29. The second-order valence-corrected chi connectivity index (χ2v) is 7.91. The smallest absolute Gasteiger partial charge is 0.357 e. The molecule has 0 atom stereocenters. The lowest BCUT2D eigenvalue weighted by Gasteiger charge is -2.32. The van der Waals surface area contributed by atoms with Gasteiger partial charge in [0.1, 0.15) is 10.8 Å². The SMILES string of the molecule is O=C(Nc1nnc(-c2ccccc2)s1)C1CCN(c2ccc(C(F)(F)F)cn2)CC1. The average molecular weight is 433 g/mol. The molecule has 30 heavy (non-hydrogen) atoms. The Bertz CT molecular complexity index is 999. The van der Waals surface area contributed by atoms with E-state index >= 15 is 0 Å². The maximum Gasteiger partial charge on any atom is 0.417 e. The number of alkyl halides is 3. The van der Waals surface area contributed by atoms with Crippen molar-refractivity contribution < 1.29 is 18.0 Å². The number of nitrogens with one attached hydrogen (secondary N) is 1. The van der Waals surface area contributed by atoms with Crippen LogP contribution < -0.4 is 10.2 Å². The first-order valence-electron chi connectivity index (χ1n) is 9.38. The molecular weight excluding hydrogens is 415 g/mol. The molecule has 2 aromatic heterocycles. The molecular formula is C20H18F3N5OS. The van der Waals surface area contributed by atoms with Crippen molar-refractivity contribution in [2.24, 2.45) is 5.92 Å². The largest absolute Gasteiger partial charge is 0.417 e. The molecule has 4 rings (SSSR count). The van der Waals surface area contributed by atoms with Crippen LogP contribution >= 0.6 is 11.3 Å². The molecule has 1 aromatic carbocycles. The third-order valence-corrected chi connectivity index (χ3v) is 5.83. The predicted molar refractivity (Wildman–Crippen MR) is 108 cm³/mol. The van der Waals surface area contributed by atoms with E-state index in [-0.39, 0.29) is 11.8 Å². The van der Waals surface area contributed by atoms with Crippen molar-refractivity contribution in [3.8, 4) is 10.6 Å². The Labute approximate surface area is 174 Å². The van der Waals surface area contributed by atoms with Gasteiger partial charge < -0.3 is 10.2 Å². The van der Waals surface area contributed by atoms with Gasteiger partial charge in [0.15, 0.2) is 0 Å². The van der Waals surface area contributed by atoms with Gasteiger partial charge in [-0.25, -0.2) is 4.98 Å². The van der Waals surface area contributed by atoms with Crippen molar-refractivity contribution >= 4 is 28.2 Å². The summed E-state index contributed by atoms with van der Waals surface area (Å²) in [5.41, 5.74) is 0.167. The fourth-order valence-corrected chi connectivity index (χ4v) is 4.04. The Kier molecular flexibility index (Phi) is 5.67. The van der Waals surface area contributed by atoms with Gasteiger partial charge in [0.05, 0.1) is 5.56 Å². The summed E-state index contributed by atoms with van der Waals surface area (Å²) < 4.78 is 38.0. The third-order valence-electron chi connectivity index (χ3n) is 4.94. The lowest BCUT2D eigenvalue weighted by molar-refractivity contribution is -0.137. The van der Waals surface area contributed by atoms with Gasteiger partial charge in [0.2, 0.25) is 11.0 Å². The van der Waals surface area contributed by atoms with Crippen molar-refractivity contribution in [2.45, 2.75) is 19.0 Å². The molecule has 0 spiro atoms. The first-order chi connectivity index (χ1) is 14.4. The van der Waals surface area contributed by atoms with Crippen molar-refractivity contribution in [3.63, 3.8) is 0 Å².